The monoisotopic (exact) mass is 455 g/mol. The largest absolute Gasteiger partial charge is 0.504 e. The van der Waals surface area contributed by atoms with Crippen molar-refractivity contribution >= 4 is 31.9 Å². The van der Waals surface area contributed by atoms with Crippen molar-refractivity contribution in [3.8, 4) is 17.2 Å². The van der Waals surface area contributed by atoms with Crippen LogP contribution in [0.2, 0.25) is 0 Å². The predicted molar refractivity (Wildman–Crippen MR) is 101 cm³/mol. The lowest BCUT2D eigenvalue weighted by Gasteiger charge is -2.38. The molecule has 1 heterocycles. The third-order valence-electron chi connectivity index (χ3n) is 4.52. The van der Waals surface area contributed by atoms with Gasteiger partial charge in [-0.3, -0.25) is 0 Å². The van der Waals surface area contributed by atoms with E-state index in [9.17, 15) is 10.2 Å². The smallest absolute Gasteiger partial charge is 0.157 e. The Bertz CT molecular complexity index is 771. The number of aromatic hydroxyl groups is 2. The lowest BCUT2D eigenvalue weighted by Crippen LogP contribution is -2.46. The molecule has 0 aromatic heterocycles. The third-order valence-corrected chi connectivity index (χ3v) is 5.70. The van der Waals surface area contributed by atoms with E-state index in [4.69, 9.17) is 4.74 Å². The van der Waals surface area contributed by atoms with Crippen LogP contribution in [-0.2, 0) is 18.4 Å². The maximum atomic E-state index is 9.92. The maximum Gasteiger partial charge on any atom is 0.157 e. The van der Waals surface area contributed by atoms with Crippen molar-refractivity contribution in [2.45, 2.75) is 25.3 Å². The summed E-state index contributed by atoms with van der Waals surface area (Å²) in [7, 11) is 1.64. The van der Waals surface area contributed by atoms with Gasteiger partial charge in [-0.15, -0.1) is 0 Å². The average molecular weight is 457 g/mol. The molecule has 0 fully saturated rings. The fraction of sp³-hybridized carbons (Fsp3) is 0.333. The molecule has 0 amide bonds. The molecule has 1 atom stereocenters. The highest BCUT2D eigenvalue weighted by atomic mass is 79.9. The third kappa shape index (κ3) is 3.15. The van der Waals surface area contributed by atoms with Crippen LogP contribution < -0.4 is 10.1 Å². The maximum absolute atomic E-state index is 9.92. The van der Waals surface area contributed by atoms with Crippen LogP contribution in [0.3, 0.4) is 0 Å². The summed E-state index contributed by atoms with van der Waals surface area (Å²) >= 11 is 7.09. The molecule has 0 saturated carbocycles. The first-order valence-corrected chi connectivity index (χ1v) is 9.25. The number of ether oxygens (including phenoxy) is 1. The Kier molecular flexibility index (Phi) is 4.82. The summed E-state index contributed by atoms with van der Waals surface area (Å²) in [5.74, 6) is 0.622. The van der Waals surface area contributed by atoms with E-state index >= 15 is 0 Å². The molecule has 0 unspecified atom stereocenters. The number of rotatable bonds is 3. The lowest BCUT2D eigenvalue weighted by atomic mass is 9.79. The summed E-state index contributed by atoms with van der Waals surface area (Å²) in [6.07, 6.45) is 1.57. The number of nitrogens with one attached hydrogen (secondary N) is 1. The minimum atomic E-state index is -0.327. The lowest BCUT2D eigenvalue weighted by molar-refractivity contribution is 0.337. The zero-order chi connectivity index (χ0) is 17.5. The van der Waals surface area contributed by atoms with Crippen LogP contribution in [0.25, 0.3) is 0 Å². The molecular formula is C18H19Br2NO3. The van der Waals surface area contributed by atoms with E-state index in [-0.39, 0.29) is 17.0 Å². The van der Waals surface area contributed by atoms with Gasteiger partial charge in [0.25, 0.3) is 0 Å². The van der Waals surface area contributed by atoms with Gasteiger partial charge in [0.1, 0.15) is 5.75 Å². The molecule has 6 heteroatoms. The zero-order valence-corrected chi connectivity index (χ0v) is 16.7. The molecule has 24 heavy (non-hydrogen) atoms. The van der Waals surface area contributed by atoms with Crippen LogP contribution in [0.1, 0.15) is 23.6 Å². The minimum Gasteiger partial charge on any atom is -0.504 e. The number of phenolic OH excluding ortho intramolecular Hbond substituents is 2. The van der Waals surface area contributed by atoms with E-state index in [2.05, 4.69) is 44.1 Å². The van der Waals surface area contributed by atoms with Gasteiger partial charge in [-0.05, 0) is 92.6 Å². The van der Waals surface area contributed by atoms with Gasteiger partial charge in [-0.25, -0.2) is 0 Å². The minimum absolute atomic E-state index is 0.0621. The van der Waals surface area contributed by atoms with Crippen molar-refractivity contribution in [1.82, 2.24) is 5.32 Å². The number of halogens is 2. The van der Waals surface area contributed by atoms with E-state index in [1.807, 2.05) is 12.1 Å². The van der Waals surface area contributed by atoms with Crippen molar-refractivity contribution in [1.29, 1.82) is 0 Å². The second-order valence-corrected chi connectivity index (χ2v) is 7.99. The summed E-state index contributed by atoms with van der Waals surface area (Å²) in [5.41, 5.74) is 2.89. The standard InChI is InChI=1S/C18H19Br2NO3/c1-18(9-10-5-13(19)17(24-2)14(20)6-10)12-8-16(23)15(22)7-11(12)3-4-21-18/h5-8,21-23H,3-4,9H2,1-2H3/t18-/m1/s1. The van der Waals surface area contributed by atoms with E-state index < -0.39 is 0 Å². The first-order valence-electron chi connectivity index (χ1n) is 7.66. The summed E-state index contributed by atoms with van der Waals surface area (Å²) in [5, 5.41) is 23.2. The van der Waals surface area contributed by atoms with Crippen LogP contribution in [0.4, 0.5) is 0 Å². The van der Waals surface area contributed by atoms with Gasteiger partial charge in [0.15, 0.2) is 11.5 Å². The van der Waals surface area contributed by atoms with Gasteiger partial charge < -0.3 is 20.3 Å². The second-order valence-electron chi connectivity index (χ2n) is 6.28. The molecule has 0 saturated heterocycles. The van der Waals surface area contributed by atoms with Crippen LogP contribution in [0.5, 0.6) is 17.2 Å². The Morgan fingerprint density at radius 1 is 1.12 bits per heavy atom. The Hall–Kier alpha value is -1.24. The Labute approximate surface area is 158 Å². The van der Waals surface area contributed by atoms with Crippen molar-refractivity contribution in [2.75, 3.05) is 13.7 Å². The predicted octanol–water partition coefficient (Wildman–Crippen LogP) is 4.24. The zero-order valence-electron chi connectivity index (χ0n) is 13.5. The highest BCUT2D eigenvalue weighted by Crippen LogP contribution is 2.40. The van der Waals surface area contributed by atoms with E-state index in [1.165, 1.54) is 0 Å². The Morgan fingerprint density at radius 2 is 1.75 bits per heavy atom. The van der Waals surface area contributed by atoms with Crippen molar-refractivity contribution in [2.24, 2.45) is 0 Å². The molecule has 1 aliphatic rings. The van der Waals surface area contributed by atoms with Gasteiger partial charge in [0.05, 0.1) is 16.1 Å². The summed E-state index contributed by atoms with van der Waals surface area (Å²) in [6, 6.07) is 7.43. The molecule has 2 aromatic carbocycles. The SMILES string of the molecule is COc1c(Br)cc(C[C@@]2(C)NCCc3cc(O)c(O)cc32)cc1Br. The average Bonchev–Trinajstić information content (AvgIpc) is 2.49. The van der Waals surface area contributed by atoms with E-state index in [0.29, 0.717) is 0 Å². The van der Waals surface area contributed by atoms with E-state index in [0.717, 1.165) is 50.8 Å². The van der Waals surface area contributed by atoms with Gasteiger partial charge >= 0.3 is 0 Å². The number of phenols is 2. The highest BCUT2D eigenvalue weighted by molar-refractivity contribution is 9.11. The van der Waals surface area contributed by atoms with Crippen LogP contribution in [0.15, 0.2) is 33.2 Å². The topological polar surface area (TPSA) is 61.7 Å². The molecule has 0 bridgehead atoms. The number of fused-ring (bicyclic) bond motifs is 1. The molecule has 0 aliphatic carbocycles. The van der Waals surface area contributed by atoms with Crippen LogP contribution in [0, 0.1) is 0 Å². The number of benzene rings is 2. The first kappa shape index (κ1) is 17.6. The van der Waals surface area contributed by atoms with Gasteiger partial charge in [0, 0.05) is 12.1 Å². The molecule has 3 rings (SSSR count). The molecule has 1 aliphatic heterocycles. The van der Waals surface area contributed by atoms with Crippen molar-refractivity contribution in [3.63, 3.8) is 0 Å². The van der Waals surface area contributed by atoms with Crippen LogP contribution in [-0.4, -0.2) is 23.9 Å². The van der Waals surface area contributed by atoms with Gasteiger partial charge in [-0.2, -0.15) is 0 Å². The first-order chi connectivity index (χ1) is 11.3. The molecule has 4 nitrogen and oxygen atoms in total. The van der Waals surface area contributed by atoms with Gasteiger partial charge in [-0.1, -0.05) is 0 Å². The van der Waals surface area contributed by atoms with Crippen LogP contribution >= 0.6 is 31.9 Å². The second kappa shape index (κ2) is 6.58. The molecule has 128 valence electrons. The quantitative estimate of drug-likeness (QED) is 0.604. The molecule has 0 radical (unpaired) electrons. The Balaban J connectivity index is 2.01. The molecule has 0 spiro atoms. The summed E-state index contributed by atoms with van der Waals surface area (Å²) in [6.45, 7) is 2.94. The number of hydrogen-bond donors (Lipinski definition) is 3. The normalized spacial score (nSPS) is 19.8. The van der Waals surface area contributed by atoms with Gasteiger partial charge in [0.2, 0.25) is 0 Å². The number of hydrogen-bond acceptors (Lipinski definition) is 4. The summed E-state index contributed by atoms with van der Waals surface area (Å²) < 4.78 is 7.14. The fourth-order valence-corrected chi connectivity index (χ4v) is 4.99. The van der Waals surface area contributed by atoms with Crippen molar-refractivity contribution < 1.29 is 14.9 Å². The van der Waals surface area contributed by atoms with Crippen molar-refractivity contribution in [3.05, 3.63) is 49.9 Å². The molecule has 2 aromatic rings. The highest BCUT2D eigenvalue weighted by Gasteiger charge is 2.33. The number of methoxy groups -OCH3 is 1. The van der Waals surface area contributed by atoms with E-state index in [1.54, 1.807) is 19.2 Å². The molecular weight excluding hydrogens is 438 g/mol. The molecule has 3 N–H and O–H groups in total. The fourth-order valence-electron chi connectivity index (χ4n) is 3.38. The Morgan fingerprint density at radius 3 is 2.38 bits per heavy atom. The summed E-state index contributed by atoms with van der Waals surface area (Å²) in [4.78, 5) is 0.